The summed E-state index contributed by atoms with van der Waals surface area (Å²) in [4.78, 5) is 13.2. The van der Waals surface area contributed by atoms with Crippen LogP contribution in [-0.2, 0) is 14.3 Å². The fourth-order valence-corrected chi connectivity index (χ4v) is 1.29. The number of carbonyl (C=O) groups is 1. The Hall–Kier alpha value is -1.12. The topological polar surface area (TPSA) is 62.6 Å². The zero-order valence-electron chi connectivity index (χ0n) is 8.40. The molecular weight excluding hydrogens is 184 g/mol. The van der Waals surface area contributed by atoms with E-state index in [4.69, 9.17) is 14.7 Å². The molecular formula is C9H14N2O3. The van der Waals surface area contributed by atoms with Crippen LogP contribution in [-0.4, -0.2) is 49.8 Å². The normalized spacial score (nSPS) is 24.1. The number of rotatable bonds is 2. The largest absolute Gasteiger partial charge is 0.372 e. The first kappa shape index (κ1) is 11.0. The van der Waals surface area contributed by atoms with Gasteiger partial charge in [-0.05, 0) is 6.92 Å². The van der Waals surface area contributed by atoms with Gasteiger partial charge >= 0.3 is 0 Å². The second-order valence-corrected chi connectivity index (χ2v) is 3.15. The number of amides is 1. The quantitative estimate of drug-likeness (QED) is 0.615. The molecule has 1 rings (SSSR count). The van der Waals surface area contributed by atoms with Crippen LogP contribution in [0.5, 0.6) is 0 Å². The number of nitriles is 1. The molecule has 14 heavy (non-hydrogen) atoms. The van der Waals surface area contributed by atoms with Crippen LogP contribution in [0.4, 0.5) is 0 Å². The van der Waals surface area contributed by atoms with E-state index < -0.39 is 12.2 Å². The number of ether oxygens (including phenoxy) is 2. The van der Waals surface area contributed by atoms with Crippen molar-refractivity contribution in [1.29, 1.82) is 5.26 Å². The van der Waals surface area contributed by atoms with Gasteiger partial charge in [-0.1, -0.05) is 0 Å². The predicted molar refractivity (Wildman–Crippen MR) is 48.4 cm³/mol. The summed E-state index contributed by atoms with van der Waals surface area (Å²) >= 11 is 0. The third-order valence-corrected chi connectivity index (χ3v) is 2.22. The van der Waals surface area contributed by atoms with Gasteiger partial charge in [0.05, 0.1) is 19.2 Å². The molecule has 2 atom stereocenters. The van der Waals surface area contributed by atoms with E-state index in [1.54, 1.807) is 11.8 Å². The molecule has 78 valence electrons. The summed E-state index contributed by atoms with van der Waals surface area (Å²) in [5.41, 5.74) is 0. The minimum Gasteiger partial charge on any atom is -0.372 e. The molecule has 2 unspecified atom stereocenters. The van der Waals surface area contributed by atoms with Crippen molar-refractivity contribution in [3.63, 3.8) is 0 Å². The van der Waals surface area contributed by atoms with E-state index in [0.717, 1.165) is 0 Å². The van der Waals surface area contributed by atoms with Crippen LogP contribution in [0.25, 0.3) is 0 Å². The molecule has 0 spiro atoms. The molecule has 1 saturated heterocycles. The summed E-state index contributed by atoms with van der Waals surface area (Å²) in [5.74, 6) is -0.0870. The number of nitrogens with zero attached hydrogens (tertiary/aromatic N) is 2. The van der Waals surface area contributed by atoms with Crippen molar-refractivity contribution < 1.29 is 14.3 Å². The molecule has 0 radical (unpaired) electrons. The number of methoxy groups -OCH3 is 1. The highest BCUT2D eigenvalue weighted by atomic mass is 16.5. The van der Waals surface area contributed by atoms with Gasteiger partial charge in [0.15, 0.2) is 6.10 Å². The summed E-state index contributed by atoms with van der Waals surface area (Å²) in [6.07, 6.45) is -0.954. The minimum absolute atomic E-state index is 0.0870. The summed E-state index contributed by atoms with van der Waals surface area (Å²) in [5, 5.41) is 8.64. The van der Waals surface area contributed by atoms with E-state index in [-0.39, 0.29) is 5.91 Å². The maximum absolute atomic E-state index is 11.6. The van der Waals surface area contributed by atoms with Crippen molar-refractivity contribution in [3.8, 4) is 6.07 Å². The molecule has 0 aromatic rings. The Bertz CT molecular complexity index is 249. The fraction of sp³-hybridized carbons (Fsp3) is 0.778. The van der Waals surface area contributed by atoms with Crippen molar-refractivity contribution >= 4 is 5.91 Å². The average Bonchev–Trinajstić information content (AvgIpc) is 2.27. The first-order chi connectivity index (χ1) is 6.69. The van der Waals surface area contributed by atoms with Crippen LogP contribution in [0.15, 0.2) is 0 Å². The third-order valence-electron chi connectivity index (χ3n) is 2.22. The maximum Gasteiger partial charge on any atom is 0.251 e. The van der Waals surface area contributed by atoms with E-state index >= 15 is 0 Å². The Kier molecular flexibility index (Phi) is 3.86. The zero-order valence-corrected chi connectivity index (χ0v) is 8.40. The first-order valence-corrected chi connectivity index (χ1v) is 4.52. The van der Waals surface area contributed by atoms with Crippen LogP contribution in [0, 0.1) is 11.3 Å². The van der Waals surface area contributed by atoms with E-state index in [2.05, 4.69) is 0 Å². The number of hydrogen-bond donors (Lipinski definition) is 0. The lowest BCUT2D eigenvalue weighted by molar-refractivity contribution is -0.146. The molecule has 1 amide bonds. The van der Waals surface area contributed by atoms with Gasteiger partial charge in [0.1, 0.15) is 6.10 Å². The van der Waals surface area contributed by atoms with Crippen molar-refractivity contribution in [1.82, 2.24) is 4.90 Å². The highest BCUT2D eigenvalue weighted by Crippen LogP contribution is 2.07. The molecule has 1 aliphatic heterocycles. The minimum atomic E-state index is -0.503. The summed E-state index contributed by atoms with van der Waals surface area (Å²) in [7, 11) is 1.49. The highest BCUT2D eigenvalue weighted by Gasteiger charge is 2.26. The van der Waals surface area contributed by atoms with Gasteiger partial charge < -0.3 is 14.4 Å². The molecule has 1 heterocycles. The molecule has 5 nitrogen and oxygen atoms in total. The molecule has 1 fully saturated rings. The van der Waals surface area contributed by atoms with Gasteiger partial charge in [-0.25, -0.2) is 0 Å². The van der Waals surface area contributed by atoms with Crippen molar-refractivity contribution in [3.05, 3.63) is 0 Å². The molecule has 0 bridgehead atoms. The smallest absolute Gasteiger partial charge is 0.251 e. The first-order valence-electron chi connectivity index (χ1n) is 4.52. The molecule has 1 aliphatic rings. The Labute approximate surface area is 83.2 Å². The molecule has 0 aliphatic carbocycles. The molecule has 5 heteroatoms. The van der Waals surface area contributed by atoms with E-state index in [0.29, 0.717) is 19.7 Å². The van der Waals surface area contributed by atoms with Crippen molar-refractivity contribution in [2.45, 2.75) is 19.1 Å². The van der Waals surface area contributed by atoms with Gasteiger partial charge in [0.2, 0.25) is 0 Å². The second kappa shape index (κ2) is 4.94. The van der Waals surface area contributed by atoms with E-state index in [1.165, 1.54) is 7.11 Å². The standard InChI is InChI=1S/C9H14N2O3/c1-7(13-2)9(12)11-3-4-14-8(5-10)6-11/h7-8H,3-4,6H2,1-2H3. The summed E-state index contributed by atoms with van der Waals surface area (Å²) in [6.45, 7) is 2.98. The van der Waals surface area contributed by atoms with Gasteiger partial charge in [-0.15, -0.1) is 0 Å². The SMILES string of the molecule is COC(C)C(=O)N1CCOC(C#N)C1. The van der Waals surface area contributed by atoms with Crippen LogP contribution in [0.3, 0.4) is 0 Å². The van der Waals surface area contributed by atoms with E-state index in [9.17, 15) is 4.79 Å². The average molecular weight is 198 g/mol. The second-order valence-electron chi connectivity index (χ2n) is 3.15. The Balaban J connectivity index is 2.52. The zero-order chi connectivity index (χ0) is 10.6. The van der Waals surface area contributed by atoms with Gasteiger partial charge in [-0.3, -0.25) is 4.79 Å². The molecule has 0 aromatic heterocycles. The fourth-order valence-electron chi connectivity index (χ4n) is 1.29. The third kappa shape index (κ3) is 2.44. The summed E-state index contributed by atoms with van der Waals surface area (Å²) in [6, 6.07) is 1.99. The molecule has 0 aromatic carbocycles. The number of morpholine rings is 1. The summed E-state index contributed by atoms with van der Waals surface area (Å²) < 4.78 is 10.0. The number of carbonyl (C=O) groups excluding carboxylic acids is 1. The highest BCUT2D eigenvalue weighted by molar-refractivity contribution is 5.80. The lowest BCUT2D eigenvalue weighted by Crippen LogP contribution is -2.48. The maximum atomic E-state index is 11.6. The van der Waals surface area contributed by atoms with Crippen LogP contribution in [0.1, 0.15) is 6.92 Å². The molecule has 0 N–H and O–H groups in total. The lowest BCUT2D eigenvalue weighted by Gasteiger charge is -2.31. The Morgan fingerprint density at radius 2 is 2.50 bits per heavy atom. The van der Waals surface area contributed by atoms with Crippen molar-refractivity contribution in [2.24, 2.45) is 0 Å². The van der Waals surface area contributed by atoms with E-state index in [1.807, 2.05) is 6.07 Å². The number of hydrogen-bond acceptors (Lipinski definition) is 4. The van der Waals surface area contributed by atoms with Gasteiger partial charge in [0, 0.05) is 13.7 Å². The van der Waals surface area contributed by atoms with Crippen LogP contribution >= 0.6 is 0 Å². The van der Waals surface area contributed by atoms with Gasteiger partial charge in [-0.2, -0.15) is 5.26 Å². The van der Waals surface area contributed by atoms with Gasteiger partial charge in [0.25, 0.3) is 5.91 Å². The van der Waals surface area contributed by atoms with Crippen molar-refractivity contribution in [2.75, 3.05) is 26.8 Å². The van der Waals surface area contributed by atoms with Crippen LogP contribution < -0.4 is 0 Å². The predicted octanol–water partition coefficient (Wildman–Crippen LogP) is -0.228. The Morgan fingerprint density at radius 1 is 1.79 bits per heavy atom. The van der Waals surface area contributed by atoms with Crippen LogP contribution in [0.2, 0.25) is 0 Å². The monoisotopic (exact) mass is 198 g/mol. The lowest BCUT2D eigenvalue weighted by atomic mass is 10.2. The Morgan fingerprint density at radius 3 is 3.07 bits per heavy atom. The molecule has 0 saturated carbocycles.